The predicted molar refractivity (Wildman–Crippen MR) is 106 cm³/mol. The van der Waals surface area contributed by atoms with E-state index in [0.29, 0.717) is 12.6 Å². The minimum Gasteiger partial charge on any atom is -0.338 e. The topological polar surface area (TPSA) is 38.8 Å². The minimum absolute atomic E-state index is 0.0631. The molecule has 1 aromatic rings. The second-order valence-electron chi connectivity index (χ2n) is 7.40. The van der Waals surface area contributed by atoms with Crippen LogP contribution in [-0.2, 0) is 6.54 Å². The van der Waals surface area contributed by atoms with Crippen molar-refractivity contribution in [2.24, 2.45) is 0 Å². The van der Waals surface area contributed by atoms with E-state index in [4.69, 9.17) is 0 Å². The molecule has 1 aliphatic heterocycles. The summed E-state index contributed by atoms with van der Waals surface area (Å²) in [4.78, 5) is 20.5. The summed E-state index contributed by atoms with van der Waals surface area (Å²) in [5.41, 5.74) is 1.27. The van der Waals surface area contributed by atoms with Gasteiger partial charge in [0.1, 0.15) is 0 Å². The summed E-state index contributed by atoms with van der Waals surface area (Å²) in [5.74, 6) is 0. The number of carbonyl (C=O) groups is 1. The summed E-state index contributed by atoms with van der Waals surface area (Å²) in [6.45, 7) is 6.39. The SMILES string of the molecule is Cc1ccsc1CN(CCN(C)C)C(=O)NCC[C@H]1CCCCN1C. The molecule has 0 aromatic carbocycles. The highest BCUT2D eigenvalue weighted by molar-refractivity contribution is 7.10. The molecular formula is C19H34N4OS. The van der Waals surface area contributed by atoms with Crippen LogP contribution in [0.5, 0.6) is 0 Å². The molecule has 1 aromatic heterocycles. The van der Waals surface area contributed by atoms with Gasteiger partial charge in [-0.2, -0.15) is 0 Å². The molecule has 6 heteroatoms. The van der Waals surface area contributed by atoms with Gasteiger partial charge in [0, 0.05) is 30.6 Å². The van der Waals surface area contributed by atoms with Gasteiger partial charge in [-0.1, -0.05) is 6.42 Å². The van der Waals surface area contributed by atoms with Gasteiger partial charge in [-0.15, -0.1) is 11.3 Å². The van der Waals surface area contributed by atoms with E-state index in [-0.39, 0.29) is 6.03 Å². The van der Waals surface area contributed by atoms with Crippen LogP contribution in [0.1, 0.15) is 36.1 Å². The number of carbonyl (C=O) groups excluding carboxylic acids is 1. The Labute approximate surface area is 157 Å². The van der Waals surface area contributed by atoms with Crippen LogP contribution in [0.3, 0.4) is 0 Å². The number of rotatable bonds is 8. The monoisotopic (exact) mass is 366 g/mol. The Morgan fingerprint density at radius 1 is 1.36 bits per heavy atom. The molecule has 1 aliphatic rings. The van der Waals surface area contributed by atoms with E-state index in [1.807, 2.05) is 19.0 Å². The number of nitrogens with zero attached hydrogens (tertiary/aromatic N) is 3. The zero-order chi connectivity index (χ0) is 18.2. The predicted octanol–water partition coefficient (Wildman–Crippen LogP) is 3.00. The normalized spacial score (nSPS) is 18.5. The highest BCUT2D eigenvalue weighted by Crippen LogP contribution is 2.19. The molecule has 25 heavy (non-hydrogen) atoms. The number of hydrogen-bond donors (Lipinski definition) is 1. The Hall–Kier alpha value is -1.11. The first-order chi connectivity index (χ1) is 12.0. The third-order valence-electron chi connectivity index (χ3n) is 5.08. The number of nitrogens with one attached hydrogen (secondary N) is 1. The van der Waals surface area contributed by atoms with Crippen LogP contribution in [0.4, 0.5) is 4.79 Å². The van der Waals surface area contributed by atoms with Crippen molar-refractivity contribution in [3.63, 3.8) is 0 Å². The maximum Gasteiger partial charge on any atom is 0.317 e. The van der Waals surface area contributed by atoms with Crippen LogP contribution in [0.25, 0.3) is 0 Å². The Kier molecular flexibility index (Phi) is 8.19. The van der Waals surface area contributed by atoms with Gasteiger partial charge in [-0.3, -0.25) is 0 Å². The molecule has 0 aliphatic carbocycles. The number of piperidine rings is 1. The highest BCUT2D eigenvalue weighted by Gasteiger charge is 2.20. The summed E-state index contributed by atoms with van der Waals surface area (Å²) in [7, 11) is 6.30. The van der Waals surface area contributed by atoms with Gasteiger partial charge < -0.3 is 20.0 Å². The molecule has 2 heterocycles. The number of thiophene rings is 1. The van der Waals surface area contributed by atoms with Gasteiger partial charge >= 0.3 is 6.03 Å². The first kappa shape index (κ1) is 20.2. The molecule has 1 N–H and O–H groups in total. The Bertz CT molecular complexity index is 531. The van der Waals surface area contributed by atoms with Crippen molar-refractivity contribution < 1.29 is 4.79 Å². The van der Waals surface area contributed by atoms with E-state index in [2.05, 4.69) is 40.5 Å². The van der Waals surface area contributed by atoms with E-state index in [1.54, 1.807) is 11.3 Å². The van der Waals surface area contributed by atoms with Crippen molar-refractivity contribution in [2.45, 2.75) is 45.2 Å². The van der Waals surface area contributed by atoms with Crippen molar-refractivity contribution in [3.8, 4) is 0 Å². The van der Waals surface area contributed by atoms with Crippen LogP contribution in [0.15, 0.2) is 11.4 Å². The Morgan fingerprint density at radius 2 is 2.16 bits per heavy atom. The summed E-state index contributed by atoms with van der Waals surface area (Å²) >= 11 is 1.73. The molecule has 0 spiro atoms. The van der Waals surface area contributed by atoms with Gasteiger partial charge in [0.2, 0.25) is 0 Å². The van der Waals surface area contributed by atoms with Crippen LogP contribution in [-0.4, -0.2) is 74.1 Å². The molecular weight excluding hydrogens is 332 g/mol. The number of hydrogen-bond acceptors (Lipinski definition) is 4. The van der Waals surface area contributed by atoms with Crippen LogP contribution in [0.2, 0.25) is 0 Å². The lowest BCUT2D eigenvalue weighted by molar-refractivity contribution is 0.169. The fraction of sp³-hybridized carbons (Fsp3) is 0.737. The molecule has 1 fully saturated rings. The maximum atomic E-state index is 12.7. The van der Waals surface area contributed by atoms with Gasteiger partial charge in [-0.05, 0) is 70.9 Å². The zero-order valence-corrected chi connectivity index (χ0v) is 17.1. The maximum absolute atomic E-state index is 12.7. The van der Waals surface area contributed by atoms with Crippen molar-refractivity contribution in [1.82, 2.24) is 20.0 Å². The molecule has 0 radical (unpaired) electrons. The van der Waals surface area contributed by atoms with Crippen molar-refractivity contribution in [2.75, 3.05) is 47.3 Å². The van der Waals surface area contributed by atoms with Crippen LogP contribution >= 0.6 is 11.3 Å². The zero-order valence-electron chi connectivity index (χ0n) is 16.3. The minimum atomic E-state index is 0.0631. The second-order valence-corrected chi connectivity index (χ2v) is 8.40. The number of urea groups is 1. The average molecular weight is 367 g/mol. The first-order valence-corrected chi connectivity index (χ1v) is 10.3. The van der Waals surface area contributed by atoms with Crippen molar-refractivity contribution in [3.05, 3.63) is 21.9 Å². The molecule has 2 rings (SSSR count). The Morgan fingerprint density at radius 3 is 2.80 bits per heavy atom. The van der Waals surface area contributed by atoms with Gasteiger partial charge in [0.05, 0.1) is 6.54 Å². The second kappa shape index (κ2) is 10.1. The molecule has 0 bridgehead atoms. The standard InChI is InChI=1S/C19H34N4OS/c1-16-9-14-25-18(16)15-23(13-12-21(2)3)19(24)20-10-8-17-7-5-6-11-22(17)4/h9,14,17H,5-8,10-13,15H2,1-4H3,(H,20,24)/t17-/m1/s1. The lowest BCUT2D eigenvalue weighted by Gasteiger charge is -2.32. The number of aryl methyl sites for hydroxylation is 1. The number of likely N-dealkylation sites (tertiary alicyclic amines) is 1. The third kappa shape index (κ3) is 6.60. The molecule has 1 atom stereocenters. The van der Waals surface area contributed by atoms with Crippen LogP contribution < -0.4 is 5.32 Å². The van der Waals surface area contributed by atoms with Crippen LogP contribution in [0, 0.1) is 6.92 Å². The highest BCUT2D eigenvalue weighted by atomic mass is 32.1. The fourth-order valence-electron chi connectivity index (χ4n) is 3.28. The number of likely N-dealkylation sites (N-methyl/N-ethyl adjacent to an activating group) is 1. The van der Waals surface area contributed by atoms with Crippen molar-refractivity contribution >= 4 is 17.4 Å². The summed E-state index contributed by atoms with van der Waals surface area (Å²) < 4.78 is 0. The van der Waals surface area contributed by atoms with E-state index >= 15 is 0 Å². The molecule has 0 saturated carbocycles. The van der Waals surface area contributed by atoms with E-state index in [0.717, 1.165) is 26.1 Å². The largest absolute Gasteiger partial charge is 0.338 e. The van der Waals surface area contributed by atoms with Crippen molar-refractivity contribution in [1.29, 1.82) is 0 Å². The van der Waals surface area contributed by atoms with E-state index in [9.17, 15) is 4.79 Å². The van der Waals surface area contributed by atoms with Gasteiger partial charge in [-0.25, -0.2) is 4.79 Å². The fourth-order valence-corrected chi connectivity index (χ4v) is 4.20. The lowest BCUT2D eigenvalue weighted by Crippen LogP contribution is -2.44. The average Bonchev–Trinajstić information content (AvgIpc) is 2.97. The van der Waals surface area contributed by atoms with E-state index in [1.165, 1.54) is 36.2 Å². The lowest BCUT2D eigenvalue weighted by atomic mass is 10.0. The smallest absolute Gasteiger partial charge is 0.317 e. The Balaban J connectivity index is 1.84. The summed E-state index contributed by atoms with van der Waals surface area (Å²) in [5, 5.41) is 5.26. The summed E-state index contributed by atoms with van der Waals surface area (Å²) in [6, 6.07) is 2.80. The molecule has 1 saturated heterocycles. The van der Waals surface area contributed by atoms with E-state index < -0.39 is 0 Å². The first-order valence-electron chi connectivity index (χ1n) is 9.38. The quantitative estimate of drug-likeness (QED) is 0.769. The molecule has 142 valence electrons. The van der Waals surface area contributed by atoms with Gasteiger partial charge in [0.15, 0.2) is 0 Å². The third-order valence-corrected chi connectivity index (χ3v) is 6.09. The molecule has 5 nitrogen and oxygen atoms in total. The molecule has 0 unspecified atom stereocenters. The van der Waals surface area contributed by atoms with Gasteiger partial charge in [0.25, 0.3) is 0 Å². The number of amides is 2. The summed E-state index contributed by atoms with van der Waals surface area (Å²) in [6.07, 6.45) is 4.92. The molecule has 2 amide bonds.